The van der Waals surface area contributed by atoms with Crippen molar-refractivity contribution in [3.63, 3.8) is 0 Å². The van der Waals surface area contributed by atoms with Crippen molar-refractivity contribution < 1.29 is 9.18 Å². The highest BCUT2D eigenvalue weighted by atomic mass is 19.1. The third-order valence-electron chi connectivity index (χ3n) is 5.66. The summed E-state index contributed by atoms with van der Waals surface area (Å²) in [4.78, 5) is 19.5. The van der Waals surface area contributed by atoms with E-state index in [0.717, 1.165) is 47.7 Å². The van der Waals surface area contributed by atoms with Crippen LogP contribution in [0.3, 0.4) is 0 Å². The summed E-state index contributed by atoms with van der Waals surface area (Å²) in [6.45, 7) is 3.59. The molecule has 6 heteroatoms. The van der Waals surface area contributed by atoms with E-state index in [4.69, 9.17) is 0 Å². The highest BCUT2D eigenvalue weighted by Gasteiger charge is 2.31. The monoisotopic (exact) mass is 392 g/mol. The number of likely N-dealkylation sites (tertiary alicyclic amines) is 1. The van der Waals surface area contributed by atoms with Gasteiger partial charge in [0.1, 0.15) is 11.6 Å². The summed E-state index contributed by atoms with van der Waals surface area (Å²) in [7, 11) is 2.00. The van der Waals surface area contributed by atoms with E-state index < -0.39 is 0 Å². The SMILES string of the molecule is Cc1ncc(CN2CCC[C@H]2C(=O)Nc2cccc(-c3ccc(F)cc3)c2)n1C. The number of hydrogen-bond acceptors (Lipinski definition) is 3. The predicted molar refractivity (Wildman–Crippen MR) is 112 cm³/mol. The third kappa shape index (κ3) is 4.22. The number of carbonyl (C=O) groups is 1. The van der Waals surface area contributed by atoms with Crippen LogP contribution in [0.15, 0.2) is 54.7 Å². The predicted octanol–water partition coefficient (Wildman–Crippen LogP) is 4.14. The standard InChI is InChI=1S/C23H25FN4O/c1-16-25-14-21(27(16)2)15-28-12-4-7-22(28)23(29)26-20-6-3-5-18(13-20)17-8-10-19(24)11-9-17/h3,5-6,8-11,13-14,22H,4,7,12,15H2,1-2H3,(H,26,29)/t22-/m0/s1. The summed E-state index contributed by atoms with van der Waals surface area (Å²) in [5.41, 5.74) is 3.72. The molecule has 1 N–H and O–H groups in total. The lowest BCUT2D eigenvalue weighted by molar-refractivity contribution is -0.120. The molecule has 5 nitrogen and oxygen atoms in total. The molecule has 29 heavy (non-hydrogen) atoms. The van der Waals surface area contributed by atoms with E-state index in [0.29, 0.717) is 6.54 Å². The van der Waals surface area contributed by atoms with E-state index in [2.05, 4.69) is 19.8 Å². The zero-order valence-electron chi connectivity index (χ0n) is 16.7. The number of imidazole rings is 1. The van der Waals surface area contributed by atoms with E-state index in [9.17, 15) is 9.18 Å². The van der Waals surface area contributed by atoms with Crippen molar-refractivity contribution in [2.75, 3.05) is 11.9 Å². The van der Waals surface area contributed by atoms with Gasteiger partial charge in [-0.25, -0.2) is 9.37 Å². The summed E-state index contributed by atoms with van der Waals surface area (Å²) in [5, 5.41) is 3.06. The van der Waals surface area contributed by atoms with Crippen molar-refractivity contribution >= 4 is 11.6 Å². The maximum Gasteiger partial charge on any atom is 0.241 e. The Hall–Kier alpha value is -2.99. The third-order valence-corrected chi connectivity index (χ3v) is 5.66. The number of carbonyl (C=O) groups excluding carboxylic acids is 1. The molecule has 0 spiro atoms. The number of nitrogens with zero attached hydrogens (tertiary/aromatic N) is 3. The average Bonchev–Trinajstić information content (AvgIpc) is 3.31. The average molecular weight is 392 g/mol. The molecular weight excluding hydrogens is 367 g/mol. The summed E-state index contributed by atoms with van der Waals surface area (Å²) in [6.07, 6.45) is 3.74. The van der Waals surface area contributed by atoms with Crippen molar-refractivity contribution in [3.8, 4) is 11.1 Å². The van der Waals surface area contributed by atoms with Crippen LogP contribution in [0, 0.1) is 12.7 Å². The van der Waals surface area contributed by atoms with Crippen molar-refractivity contribution in [3.05, 3.63) is 72.1 Å². The fourth-order valence-electron chi connectivity index (χ4n) is 3.86. The van der Waals surface area contributed by atoms with E-state index in [1.807, 2.05) is 44.4 Å². The van der Waals surface area contributed by atoms with E-state index in [1.54, 1.807) is 12.1 Å². The second kappa shape index (κ2) is 8.17. The molecule has 0 saturated carbocycles. The zero-order valence-corrected chi connectivity index (χ0v) is 16.7. The van der Waals surface area contributed by atoms with E-state index in [-0.39, 0.29) is 17.8 Å². The molecule has 1 atom stereocenters. The number of nitrogens with one attached hydrogen (secondary N) is 1. The van der Waals surface area contributed by atoms with Gasteiger partial charge in [-0.15, -0.1) is 0 Å². The van der Waals surface area contributed by atoms with Gasteiger partial charge in [0.25, 0.3) is 0 Å². The zero-order chi connectivity index (χ0) is 20.4. The number of rotatable bonds is 5. The molecule has 4 rings (SSSR count). The molecule has 1 aliphatic rings. The molecule has 3 aromatic rings. The summed E-state index contributed by atoms with van der Waals surface area (Å²) in [6, 6.07) is 13.9. The smallest absolute Gasteiger partial charge is 0.241 e. The second-order valence-corrected chi connectivity index (χ2v) is 7.56. The first-order valence-electron chi connectivity index (χ1n) is 9.89. The van der Waals surface area contributed by atoms with Gasteiger partial charge in [0.15, 0.2) is 0 Å². The van der Waals surface area contributed by atoms with Gasteiger partial charge in [-0.05, 0) is 61.7 Å². The summed E-state index contributed by atoms with van der Waals surface area (Å²) in [5.74, 6) is 0.721. The van der Waals surface area contributed by atoms with Crippen LogP contribution < -0.4 is 5.32 Å². The Morgan fingerprint density at radius 3 is 2.72 bits per heavy atom. The number of amides is 1. The molecule has 1 fully saturated rings. The molecule has 1 aliphatic heterocycles. The minimum atomic E-state index is -0.261. The first-order valence-corrected chi connectivity index (χ1v) is 9.89. The Kier molecular flexibility index (Phi) is 5.45. The van der Waals surface area contributed by atoms with Gasteiger partial charge in [-0.3, -0.25) is 9.69 Å². The summed E-state index contributed by atoms with van der Waals surface area (Å²) < 4.78 is 15.2. The van der Waals surface area contributed by atoms with Crippen LogP contribution in [-0.4, -0.2) is 32.9 Å². The molecule has 0 radical (unpaired) electrons. The molecule has 1 aromatic heterocycles. The maximum atomic E-state index is 13.2. The Morgan fingerprint density at radius 1 is 1.21 bits per heavy atom. The van der Waals surface area contributed by atoms with E-state index in [1.165, 1.54) is 12.1 Å². The largest absolute Gasteiger partial charge is 0.334 e. The fraction of sp³-hybridized carbons (Fsp3) is 0.304. The molecule has 2 aromatic carbocycles. The summed E-state index contributed by atoms with van der Waals surface area (Å²) >= 11 is 0. The minimum absolute atomic E-state index is 0.0117. The van der Waals surface area contributed by atoms with Crippen LogP contribution in [0.4, 0.5) is 10.1 Å². The highest BCUT2D eigenvalue weighted by molar-refractivity contribution is 5.95. The van der Waals surface area contributed by atoms with Gasteiger partial charge in [0.05, 0.1) is 11.7 Å². The fourth-order valence-corrected chi connectivity index (χ4v) is 3.86. The molecule has 0 bridgehead atoms. The molecule has 0 aliphatic carbocycles. The Morgan fingerprint density at radius 2 is 2.00 bits per heavy atom. The molecule has 1 amide bonds. The molecule has 2 heterocycles. The number of aryl methyl sites for hydroxylation is 1. The second-order valence-electron chi connectivity index (χ2n) is 7.56. The normalized spacial score (nSPS) is 16.9. The molecule has 0 unspecified atom stereocenters. The van der Waals surface area contributed by atoms with Crippen LogP contribution in [-0.2, 0) is 18.4 Å². The number of halogens is 1. The van der Waals surface area contributed by atoms with Crippen LogP contribution in [0.1, 0.15) is 24.4 Å². The van der Waals surface area contributed by atoms with Gasteiger partial charge < -0.3 is 9.88 Å². The number of benzene rings is 2. The topological polar surface area (TPSA) is 50.2 Å². The molecular formula is C23H25FN4O. The van der Waals surface area contributed by atoms with Crippen LogP contribution in [0.5, 0.6) is 0 Å². The van der Waals surface area contributed by atoms with Gasteiger partial charge >= 0.3 is 0 Å². The van der Waals surface area contributed by atoms with Crippen LogP contribution in [0.25, 0.3) is 11.1 Å². The van der Waals surface area contributed by atoms with Crippen molar-refractivity contribution in [1.29, 1.82) is 0 Å². The quantitative estimate of drug-likeness (QED) is 0.710. The van der Waals surface area contributed by atoms with Crippen molar-refractivity contribution in [2.45, 2.75) is 32.4 Å². The lowest BCUT2D eigenvalue weighted by Crippen LogP contribution is -2.39. The number of hydrogen-bond donors (Lipinski definition) is 1. The lowest BCUT2D eigenvalue weighted by Gasteiger charge is -2.24. The number of anilines is 1. The van der Waals surface area contributed by atoms with E-state index >= 15 is 0 Å². The highest BCUT2D eigenvalue weighted by Crippen LogP contribution is 2.25. The van der Waals surface area contributed by atoms with Gasteiger partial charge in [-0.2, -0.15) is 0 Å². The van der Waals surface area contributed by atoms with Gasteiger partial charge in [-0.1, -0.05) is 24.3 Å². The Bertz CT molecular complexity index is 1010. The first kappa shape index (κ1) is 19.3. The lowest BCUT2D eigenvalue weighted by atomic mass is 10.0. The van der Waals surface area contributed by atoms with Crippen LogP contribution >= 0.6 is 0 Å². The van der Waals surface area contributed by atoms with Crippen molar-refractivity contribution in [2.24, 2.45) is 7.05 Å². The maximum absolute atomic E-state index is 13.2. The Balaban J connectivity index is 1.46. The first-order chi connectivity index (χ1) is 14.0. The van der Waals surface area contributed by atoms with Crippen LogP contribution in [0.2, 0.25) is 0 Å². The number of aromatic nitrogens is 2. The van der Waals surface area contributed by atoms with Gasteiger partial charge in [0.2, 0.25) is 5.91 Å². The Labute approximate surface area is 170 Å². The molecule has 1 saturated heterocycles. The van der Waals surface area contributed by atoms with Gasteiger partial charge in [0, 0.05) is 25.5 Å². The molecule has 150 valence electrons. The van der Waals surface area contributed by atoms with Crippen molar-refractivity contribution in [1.82, 2.24) is 14.5 Å². The minimum Gasteiger partial charge on any atom is -0.334 e.